The highest BCUT2D eigenvalue weighted by Crippen LogP contribution is 2.27. The first-order valence-corrected chi connectivity index (χ1v) is 7.27. The number of nitrogens with zero attached hydrogens (tertiary/aromatic N) is 1. The highest BCUT2D eigenvalue weighted by atomic mass is 79.9. The van der Waals surface area contributed by atoms with Crippen molar-refractivity contribution in [2.24, 2.45) is 0 Å². The molecular formula is C12H19BrN2OS. The van der Waals surface area contributed by atoms with Gasteiger partial charge in [-0.05, 0) is 55.4 Å². The minimum absolute atomic E-state index is 0.0148. The Labute approximate surface area is 115 Å². The number of halogens is 1. The summed E-state index contributed by atoms with van der Waals surface area (Å²) in [7, 11) is 2.06. The first-order chi connectivity index (χ1) is 7.91. The molecule has 0 unspecified atom stereocenters. The summed E-state index contributed by atoms with van der Waals surface area (Å²) in [5.74, 6) is 0.0148. The molecule has 0 aliphatic rings. The van der Waals surface area contributed by atoms with E-state index >= 15 is 0 Å². The number of rotatable bonds is 5. The largest absolute Gasteiger partial charge is 0.350 e. The Morgan fingerprint density at radius 3 is 2.71 bits per heavy atom. The first-order valence-electron chi connectivity index (χ1n) is 5.66. The molecule has 0 atom stereocenters. The molecule has 0 fully saturated rings. The van der Waals surface area contributed by atoms with E-state index in [0.717, 1.165) is 20.8 Å². The van der Waals surface area contributed by atoms with Crippen LogP contribution in [-0.4, -0.2) is 37.0 Å². The maximum atomic E-state index is 11.8. The number of nitrogens with one attached hydrogen (secondary N) is 1. The second kappa shape index (κ2) is 6.52. The van der Waals surface area contributed by atoms with E-state index < -0.39 is 0 Å². The fourth-order valence-corrected chi connectivity index (χ4v) is 2.71. The topological polar surface area (TPSA) is 32.3 Å². The second-order valence-corrected chi connectivity index (χ2v) is 6.77. The molecule has 17 heavy (non-hydrogen) atoms. The molecule has 1 heterocycles. The van der Waals surface area contributed by atoms with Crippen LogP contribution in [0.15, 0.2) is 9.85 Å². The molecule has 1 amide bonds. The van der Waals surface area contributed by atoms with E-state index in [0.29, 0.717) is 12.6 Å². The van der Waals surface area contributed by atoms with E-state index in [1.807, 2.05) is 13.0 Å². The van der Waals surface area contributed by atoms with E-state index in [9.17, 15) is 4.79 Å². The van der Waals surface area contributed by atoms with E-state index in [1.165, 1.54) is 11.3 Å². The van der Waals surface area contributed by atoms with Crippen molar-refractivity contribution in [1.82, 2.24) is 10.2 Å². The number of carbonyl (C=O) groups excluding carboxylic acids is 1. The van der Waals surface area contributed by atoms with Gasteiger partial charge >= 0.3 is 0 Å². The number of thiophene rings is 1. The Morgan fingerprint density at radius 2 is 2.24 bits per heavy atom. The Balaban J connectivity index is 2.40. The first kappa shape index (κ1) is 14.7. The zero-order valence-corrected chi connectivity index (χ0v) is 13.1. The highest BCUT2D eigenvalue weighted by molar-refractivity contribution is 9.11. The summed E-state index contributed by atoms with van der Waals surface area (Å²) in [6.07, 6.45) is 0. The monoisotopic (exact) mass is 318 g/mol. The van der Waals surface area contributed by atoms with Gasteiger partial charge in [-0.3, -0.25) is 4.79 Å². The van der Waals surface area contributed by atoms with Crippen LogP contribution in [0.5, 0.6) is 0 Å². The standard InChI is InChI=1S/C12H19BrN2OS/c1-8(2)15(4)6-5-14-12(16)10-7-9(3)11(13)17-10/h7-8H,5-6H2,1-4H3,(H,14,16). The minimum Gasteiger partial charge on any atom is -0.350 e. The van der Waals surface area contributed by atoms with Crippen LogP contribution < -0.4 is 5.32 Å². The molecule has 3 nitrogen and oxygen atoms in total. The average Bonchev–Trinajstić information content (AvgIpc) is 2.59. The summed E-state index contributed by atoms with van der Waals surface area (Å²) in [6.45, 7) is 7.82. The summed E-state index contributed by atoms with van der Waals surface area (Å²) >= 11 is 4.90. The third-order valence-corrected chi connectivity index (χ3v) is 4.85. The van der Waals surface area contributed by atoms with Gasteiger partial charge in [0.25, 0.3) is 5.91 Å². The Morgan fingerprint density at radius 1 is 1.59 bits per heavy atom. The number of hydrogen-bond donors (Lipinski definition) is 1. The SMILES string of the molecule is Cc1cc(C(=O)NCCN(C)C(C)C)sc1Br. The molecule has 0 saturated heterocycles. The smallest absolute Gasteiger partial charge is 0.261 e. The Bertz CT molecular complexity index is 370. The van der Waals surface area contributed by atoms with E-state index in [4.69, 9.17) is 0 Å². The molecular weight excluding hydrogens is 300 g/mol. The molecule has 1 N–H and O–H groups in total. The van der Waals surface area contributed by atoms with Crippen molar-refractivity contribution < 1.29 is 4.79 Å². The second-order valence-electron chi connectivity index (χ2n) is 4.40. The van der Waals surface area contributed by atoms with Gasteiger partial charge in [-0.1, -0.05) is 0 Å². The quantitative estimate of drug-likeness (QED) is 0.905. The van der Waals surface area contributed by atoms with Crippen molar-refractivity contribution in [2.75, 3.05) is 20.1 Å². The lowest BCUT2D eigenvalue weighted by Gasteiger charge is -2.20. The third-order valence-electron chi connectivity index (χ3n) is 2.71. The lowest BCUT2D eigenvalue weighted by molar-refractivity contribution is 0.0952. The molecule has 0 spiro atoms. The molecule has 0 radical (unpaired) electrons. The molecule has 0 aromatic carbocycles. The van der Waals surface area contributed by atoms with Gasteiger partial charge in [0.1, 0.15) is 0 Å². The van der Waals surface area contributed by atoms with Gasteiger partial charge in [0.05, 0.1) is 8.66 Å². The van der Waals surface area contributed by atoms with Crippen LogP contribution in [0, 0.1) is 6.92 Å². The van der Waals surface area contributed by atoms with Crippen molar-refractivity contribution in [1.29, 1.82) is 0 Å². The van der Waals surface area contributed by atoms with Crippen molar-refractivity contribution in [3.63, 3.8) is 0 Å². The van der Waals surface area contributed by atoms with Crippen molar-refractivity contribution in [3.8, 4) is 0 Å². The molecule has 5 heteroatoms. The zero-order valence-electron chi connectivity index (χ0n) is 10.7. The molecule has 0 aliphatic heterocycles. The van der Waals surface area contributed by atoms with E-state index in [-0.39, 0.29) is 5.91 Å². The van der Waals surface area contributed by atoms with Crippen LogP contribution in [0.25, 0.3) is 0 Å². The number of amides is 1. The van der Waals surface area contributed by atoms with Gasteiger partial charge in [-0.25, -0.2) is 0 Å². The lowest BCUT2D eigenvalue weighted by atomic mass is 10.3. The third kappa shape index (κ3) is 4.41. The minimum atomic E-state index is 0.0148. The molecule has 96 valence electrons. The van der Waals surface area contributed by atoms with Gasteiger partial charge in [0, 0.05) is 19.1 Å². The summed E-state index contributed by atoms with van der Waals surface area (Å²) in [5.41, 5.74) is 1.11. The molecule has 1 aromatic rings. The van der Waals surface area contributed by atoms with Gasteiger partial charge < -0.3 is 10.2 Å². The van der Waals surface area contributed by atoms with Gasteiger partial charge in [0.2, 0.25) is 0 Å². The number of likely N-dealkylation sites (N-methyl/N-ethyl adjacent to an activating group) is 1. The van der Waals surface area contributed by atoms with Gasteiger partial charge in [-0.15, -0.1) is 11.3 Å². The fraction of sp³-hybridized carbons (Fsp3) is 0.583. The van der Waals surface area contributed by atoms with E-state index in [2.05, 4.69) is 47.0 Å². The van der Waals surface area contributed by atoms with E-state index in [1.54, 1.807) is 0 Å². The maximum Gasteiger partial charge on any atom is 0.261 e. The van der Waals surface area contributed by atoms with Crippen LogP contribution in [0.3, 0.4) is 0 Å². The maximum absolute atomic E-state index is 11.8. The normalized spacial score (nSPS) is 11.2. The van der Waals surface area contributed by atoms with Crippen LogP contribution in [0.4, 0.5) is 0 Å². The van der Waals surface area contributed by atoms with Crippen LogP contribution in [0.1, 0.15) is 29.1 Å². The van der Waals surface area contributed by atoms with Crippen LogP contribution >= 0.6 is 27.3 Å². The van der Waals surface area contributed by atoms with Gasteiger partial charge in [-0.2, -0.15) is 0 Å². The van der Waals surface area contributed by atoms with Crippen molar-refractivity contribution >= 4 is 33.2 Å². The highest BCUT2D eigenvalue weighted by Gasteiger charge is 2.11. The van der Waals surface area contributed by atoms with Crippen LogP contribution in [0.2, 0.25) is 0 Å². The number of carbonyl (C=O) groups is 1. The Kier molecular flexibility index (Phi) is 5.62. The summed E-state index contributed by atoms with van der Waals surface area (Å²) in [4.78, 5) is 14.8. The van der Waals surface area contributed by atoms with Crippen molar-refractivity contribution in [3.05, 3.63) is 20.3 Å². The molecule has 1 rings (SSSR count). The predicted molar refractivity (Wildman–Crippen MR) is 76.9 cm³/mol. The summed E-state index contributed by atoms with van der Waals surface area (Å²) in [6, 6.07) is 2.42. The molecule has 0 aliphatic carbocycles. The predicted octanol–water partition coefficient (Wildman–Crippen LogP) is 2.89. The zero-order chi connectivity index (χ0) is 13.0. The number of hydrogen-bond acceptors (Lipinski definition) is 3. The fourth-order valence-electron chi connectivity index (χ4n) is 1.26. The number of aryl methyl sites for hydroxylation is 1. The Hall–Kier alpha value is -0.390. The molecule has 0 saturated carbocycles. The average molecular weight is 319 g/mol. The summed E-state index contributed by atoms with van der Waals surface area (Å²) < 4.78 is 1.03. The van der Waals surface area contributed by atoms with Gasteiger partial charge in [0.15, 0.2) is 0 Å². The summed E-state index contributed by atoms with van der Waals surface area (Å²) in [5, 5.41) is 2.93. The lowest BCUT2D eigenvalue weighted by Crippen LogP contribution is -2.35. The molecule has 0 bridgehead atoms. The van der Waals surface area contributed by atoms with Crippen LogP contribution in [-0.2, 0) is 0 Å². The molecule has 1 aromatic heterocycles. The van der Waals surface area contributed by atoms with Crippen molar-refractivity contribution in [2.45, 2.75) is 26.8 Å².